The number of ether oxygens (including phenoxy) is 2. The van der Waals surface area contributed by atoms with E-state index < -0.39 is 14.1 Å². The molecule has 0 aliphatic carbocycles. The smallest absolute Gasteiger partial charge is 0.320 e. The minimum atomic E-state index is -3.04. The number of nitrogens with one attached hydrogen (secondary N) is 1. The zero-order valence-electron chi connectivity index (χ0n) is 26.6. The van der Waals surface area contributed by atoms with Crippen LogP contribution in [0.4, 0.5) is 15.9 Å². The Balaban J connectivity index is 1.39. The van der Waals surface area contributed by atoms with E-state index in [1.807, 2.05) is 66.7 Å². The monoisotopic (exact) mass is 663 g/mol. The van der Waals surface area contributed by atoms with Crippen LogP contribution in [-0.4, -0.2) is 25.4 Å². The molecule has 0 atom stereocenters. The number of aromatic nitrogens is 2. The third-order valence-electron chi connectivity index (χ3n) is 8.11. The molecule has 47 heavy (non-hydrogen) atoms. The first-order valence-electron chi connectivity index (χ1n) is 15.3. The van der Waals surface area contributed by atoms with Crippen LogP contribution in [0.3, 0.4) is 0 Å². The van der Waals surface area contributed by atoms with Crippen molar-refractivity contribution in [3.63, 3.8) is 0 Å². The Morgan fingerprint density at radius 2 is 1.38 bits per heavy atom. The lowest BCUT2D eigenvalue weighted by Gasteiger charge is -2.43. The molecule has 0 aliphatic rings. The molecular weight excluding hydrogens is 629 g/mol. The second kappa shape index (κ2) is 13.4. The van der Waals surface area contributed by atoms with Crippen LogP contribution in [0.1, 0.15) is 26.3 Å². The van der Waals surface area contributed by atoms with Gasteiger partial charge in [0.15, 0.2) is 11.5 Å². The maximum atomic E-state index is 15.6. The fraction of sp³-hybridized carbons (Fsp3) is 0.158. The molecule has 238 valence electrons. The fourth-order valence-electron chi connectivity index (χ4n) is 5.82. The summed E-state index contributed by atoms with van der Waals surface area (Å²) in [6.07, 6.45) is 1.42. The van der Waals surface area contributed by atoms with E-state index in [1.54, 1.807) is 25.3 Å². The van der Waals surface area contributed by atoms with E-state index >= 15 is 4.39 Å². The lowest BCUT2D eigenvalue weighted by atomic mass is 10.2. The zero-order valence-corrected chi connectivity index (χ0v) is 28.4. The van der Waals surface area contributed by atoms with Crippen molar-refractivity contribution >= 4 is 52.7 Å². The standard InChI is InChI=1S/C38H35ClFN3O3Si/c1-38(2,3)47(27-16-10-6-11-17-27,28-18-12-7-13-19-28)46-34-23-33(31(40)21-30(34)39)43-37-29-20-35(44-4)36(22-32(29)41-25-42-37)45-24-26-14-8-5-9-15-26/h5-23,25H,24H2,1-4H3,(H,41,42,43). The molecule has 0 spiro atoms. The number of fused-ring (bicyclic) bond motifs is 1. The van der Waals surface area contributed by atoms with Gasteiger partial charge in [-0.15, -0.1) is 0 Å². The van der Waals surface area contributed by atoms with Crippen molar-refractivity contribution in [1.82, 2.24) is 9.97 Å². The third-order valence-corrected chi connectivity index (χ3v) is 13.3. The van der Waals surface area contributed by atoms with E-state index in [9.17, 15) is 0 Å². The average Bonchev–Trinajstić information content (AvgIpc) is 3.08. The summed E-state index contributed by atoms with van der Waals surface area (Å²) < 4.78 is 34.5. The van der Waals surface area contributed by atoms with Crippen LogP contribution >= 0.6 is 11.6 Å². The maximum Gasteiger partial charge on any atom is 0.320 e. The Hall–Kier alpha value is -4.92. The van der Waals surface area contributed by atoms with E-state index in [0.29, 0.717) is 40.6 Å². The molecule has 6 rings (SSSR count). The van der Waals surface area contributed by atoms with Crippen LogP contribution in [0.5, 0.6) is 17.2 Å². The Morgan fingerprint density at radius 1 is 0.766 bits per heavy atom. The molecule has 1 aromatic heterocycles. The number of benzene rings is 5. The molecule has 0 saturated carbocycles. The first-order chi connectivity index (χ1) is 22.7. The Bertz CT molecular complexity index is 1950. The third kappa shape index (κ3) is 6.52. The summed E-state index contributed by atoms with van der Waals surface area (Å²) in [5.74, 6) is 1.25. The molecule has 0 aliphatic heterocycles. The van der Waals surface area contributed by atoms with Gasteiger partial charge in [0, 0.05) is 17.5 Å². The Morgan fingerprint density at radius 3 is 1.98 bits per heavy atom. The van der Waals surface area contributed by atoms with E-state index in [-0.39, 0.29) is 15.7 Å². The molecule has 6 aromatic rings. The van der Waals surface area contributed by atoms with Crippen LogP contribution in [0.15, 0.2) is 122 Å². The Kier molecular flexibility index (Phi) is 9.16. The van der Waals surface area contributed by atoms with Gasteiger partial charge in [-0.1, -0.05) is 123 Å². The summed E-state index contributed by atoms with van der Waals surface area (Å²) in [5, 5.41) is 5.81. The quantitative estimate of drug-likeness (QED) is 0.148. The second-order valence-electron chi connectivity index (χ2n) is 12.2. The molecule has 0 amide bonds. The van der Waals surface area contributed by atoms with E-state index in [4.69, 9.17) is 25.5 Å². The Labute approximate surface area is 280 Å². The van der Waals surface area contributed by atoms with Crippen LogP contribution < -0.4 is 29.6 Å². The molecule has 0 fully saturated rings. The van der Waals surface area contributed by atoms with Crippen molar-refractivity contribution in [2.75, 3.05) is 12.4 Å². The molecular formula is C38H35ClFN3O3Si. The molecule has 1 heterocycles. The van der Waals surface area contributed by atoms with Crippen LogP contribution in [0.25, 0.3) is 10.9 Å². The van der Waals surface area contributed by atoms with Gasteiger partial charge < -0.3 is 19.2 Å². The highest BCUT2D eigenvalue weighted by molar-refractivity contribution is 7.00. The van der Waals surface area contributed by atoms with E-state index in [1.165, 1.54) is 12.4 Å². The predicted octanol–water partition coefficient (Wildman–Crippen LogP) is 8.69. The summed E-state index contributed by atoms with van der Waals surface area (Å²) in [5.41, 5.74) is 1.78. The highest BCUT2D eigenvalue weighted by atomic mass is 35.5. The first-order valence-corrected chi connectivity index (χ1v) is 17.5. The highest BCUT2D eigenvalue weighted by Crippen LogP contribution is 2.42. The van der Waals surface area contributed by atoms with E-state index in [2.05, 4.69) is 60.3 Å². The average molecular weight is 664 g/mol. The maximum absolute atomic E-state index is 15.6. The number of nitrogens with zero attached hydrogens (tertiary/aromatic N) is 2. The van der Waals surface area contributed by atoms with Crippen molar-refractivity contribution in [2.24, 2.45) is 0 Å². The number of halogens is 2. The number of methoxy groups -OCH3 is 1. The van der Waals surface area contributed by atoms with Gasteiger partial charge in [0.2, 0.25) is 0 Å². The van der Waals surface area contributed by atoms with Gasteiger partial charge in [-0.05, 0) is 33.1 Å². The minimum Gasteiger partial charge on any atom is -0.533 e. The van der Waals surface area contributed by atoms with Crippen LogP contribution in [0.2, 0.25) is 10.1 Å². The van der Waals surface area contributed by atoms with Crippen molar-refractivity contribution < 1.29 is 18.3 Å². The first kappa shape index (κ1) is 32.0. The van der Waals surface area contributed by atoms with Gasteiger partial charge in [0.1, 0.15) is 30.3 Å². The lowest BCUT2D eigenvalue weighted by molar-refractivity contribution is 0.285. The number of anilines is 2. The van der Waals surface area contributed by atoms with Crippen molar-refractivity contribution in [2.45, 2.75) is 32.4 Å². The zero-order chi connectivity index (χ0) is 33.0. The molecule has 6 nitrogen and oxygen atoms in total. The van der Waals surface area contributed by atoms with Gasteiger partial charge in [-0.25, -0.2) is 14.4 Å². The number of rotatable bonds is 10. The number of hydrogen-bond donors (Lipinski definition) is 1. The molecule has 9 heteroatoms. The summed E-state index contributed by atoms with van der Waals surface area (Å²) in [7, 11) is -1.47. The molecule has 0 saturated heterocycles. The highest BCUT2D eigenvalue weighted by Gasteiger charge is 2.52. The van der Waals surface area contributed by atoms with Crippen molar-refractivity contribution in [1.29, 1.82) is 0 Å². The van der Waals surface area contributed by atoms with Gasteiger partial charge in [0.05, 0.1) is 23.3 Å². The van der Waals surface area contributed by atoms with Gasteiger partial charge in [-0.2, -0.15) is 0 Å². The number of hydrogen-bond acceptors (Lipinski definition) is 6. The summed E-state index contributed by atoms with van der Waals surface area (Å²) >= 11 is 6.73. The van der Waals surface area contributed by atoms with Gasteiger partial charge in [-0.3, -0.25) is 0 Å². The molecule has 0 unspecified atom stereocenters. The van der Waals surface area contributed by atoms with Crippen LogP contribution in [0, 0.1) is 5.82 Å². The van der Waals surface area contributed by atoms with Crippen molar-refractivity contribution in [3.05, 3.63) is 138 Å². The van der Waals surface area contributed by atoms with E-state index in [0.717, 1.165) is 15.9 Å². The molecule has 1 N–H and O–H groups in total. The molecule has 0 bridgehead atoms. The fourth-order valence-corrected chi connectivity index (χ4v) is 10.5. The largest absolute Gasteiger partial charge is 0.533 e. The second-order valence-corrected chi connectivity index (χ2v) is 16.8. The summed E-state index contributed by atoms with van der Waals surface area (Å²) in [6, 6.07) is 36.7. The SMILES string of the molecule is COc1cc2c(Nc3cc(O[Si](c4ccccc4)(c4ccccc4)C(C)(C)C)c(Cl)cc3F)ncnc2cc1OCc1ccccc1. The summed E-state index contributed by atoms with van der Waals surface area (Å²) in [4.78, 5) is 8.90. The van der Waals surface area contributed by atoms with Gasteiger partial charge >= 0.3 is 8.32 Å². The topological polar surface area (TPSA) is 65.5 Å². The molecule has 5 aromatic carbocycles. The lowest BCUT2D eigenvalue weighted by Crippen LogP contribution is -2.68. The van der Waals surface area contributed by atoms with Gasteiger partial charge in [0.25, 0.3) is 0 Å². The van der Waals surface area contributed by atoms with Crippen molar-refractivity contribution in [3.8, 4) is 17.2 Å². The normalized spacial score (nSPS) is 11.7. The van der Waals surface area contributed by atoms with Crippen LogP contribution in [-0.2, 0) is 6.61 Å². The molecule has 0 radical (unpaired) electrons. The summed E-state index contributed by atoms with van der Waals surface area (Å²) in [6.45, 7) is 6.89. The predicted molar refractivity (Wildman–Crippen MR) is 190 cm³/mol. The minimum absolute atomic E-state index is 0.158.